The van der Waals surface area contributed by atoms with Crippen molar-refractivity contribution < 1.29 is 9.59 Å². The van der Waals surface area contributed by atoms with Crippen LogP contribution in [0.15, 0.2) is 0 Å². The monoisotopic (exact) mass is 368 g/mol. The minimum absolute atomic E-state index is 0. The van der Waals surface area contributed by atoms with E-state index in [0.717, 1.165) is 32.5 Å². The summed E-state index contributed by atoms with van der Waals surface area (Å²) < 4.78 is 0. The molecule has 6 nitrogen and oxygen atoms in total. The summed E-state index contributed by atoms with van der Waals surface area (Å²) in [5.41, 5.74) is 0. The maximum atomic E-state index is 12.4. The highest BCUT2D eigenvalue weighted by molar-refractivity contribution is 5.85. The lowest BCUT2D eigenvalue weighted by Crippen LogP contribution is -2.58. The Morgan fingerprint density at radius 1 is 1.35 bits per heavy atom. The standard InChI is InChI=1S/C15H28N4O2.2ClH/c1-12(2)17(3)11-15(21)18-7-4-5-13(10-18)19-8-6-16-9-14(19)20;;/h12-13,16H,4-11H2,1-3H3;2*1H. The highest BCUT2D eigenvalue weighted by Gasteiger charge is 2.31. The Morgan fingerprint density at radius 2 is 2.04 bits per heavy atom. The molecule has 2 fully saturated rings. The number of piperidine rings is 1. The number of amides is 2. The van der Waals surface area contributed by atoms with Crippen molar-refractivity contribution in [2.75, 3.05) is 46.3 Å². The zero-order valence-corrected chi connectivity index (χ0v) is 15.9. The van der Waals surface area contributed by atoms with Crippen LogP contribution in [0.4, 0.5) is 0 Å². The summed E-state index contributed by atoms with van der Waals surface area (Å²) in [4.78, 5) is 30.3. The van der Waals surface area contributed by atoms with Gasteiger partial charge in [-0.15, -0.1) is 24.8 Å². The van der Waals surface area contributed by atoms with E-state index in [9.17, 15) is 9.59 Å². The van der Waals surface area contributed by atoms with Gasteiger partial charge < -0.3 is 15.1 Å². The zero-order valence-electron chi connectivity index (χ0n) is 14.3. The van der Waals surface area contributed by atoms with Gasteiger partial charge in [0.25, 0.3) is 0 Å². The molecule has 1 N–H and O–H groups in total. The fourth-order valence-corrected chi connectivity index (χ4v) is 2.94. The molecule has 23 heavy (non-hydrogen) atoms. The van der Waals surface area contributed by atoms with Crippen LogP contribution in [0.3, 0.4) is 0 Å². The first-order valence-corrected chi connectivity index (χ1v) is 7.97. The molecule has 0 aliphatic carbocycles. The first-order chi connectivity index (χ1) is 9.99. The summed E-state index contributed by atoms with van der Waals surface area (Å²) in [6.45, 7) is 8.19. The molecule has 2 amide bonds. The number of halogens is 2. The largest absolute Gasteiger partial charge is 0.340 e. The van der Waals surface area contributed by atoms with Crippen molar-refractivity contribution in [3.8, 4) is 0 Å². The molecule has 2 aliphatic rings. The van der Waals surface area contributed by atoms with Crippen LogP contribution in [0.1, 0.15) is 26.7 Å². The number of nitrogens with zero attached hydrogens (tertiary/aromatic N) is 3. The van der Waals surface area contributed by atoms with Crippen LogP contribution in [0.25, 0.3) is 0 Å². The van der Waals surface area contributed by atoms with Gasteiger partial charge in [-0.25, -0.2) is 0 Å². The highest BCUT2D eigenvalue weighted by Crippen LogP contribution is 2.17. The normalized spacial score (nSPS) is 22.0. The van der Waals surface area contributed by atoms with Gasteiger partial charge in [0.1, 0.15) is 0 Å². The van der Waals surface area contributed by atoms with E-state index in [1.165, 1.54) is 0 Å². The van der Waals surface area contributed by atoms with Crippen molar-refractivity contribution in [2.45, 2.75) is 38.8 Å². The van der Waals surface area contributed by atoms with E-state index in [4.69, 9.17) is 0 Å². The van der Waals surface area contributed by atoms with E-state index in [-0.39, 0.29) is 42.7 Å². The summed E-state index contributed by atoms with van der Waals surface area (Å²) in [5.74, 6) is 0.346. The summed E-state index contributed by atoms with van der Waals surface area (Å²) in [6, 6.07) is 0.561. The number of nitrogens with one attached hydrogen (secondary N) is 1. The molecular weight excluding hydrogens is 339 g/mol. The van der Waals surface area contributed by atoms with E-state index in [1.54, 1.807) is 0 Å². The first-order valence-electron chi connectivity index (χ1n) is 7.97. The van der Waals surface area contributed by atoms with Crippen LogP contribution in [0, 0.1) is 0 Å². The molecule has 136 valence electrons. The number of carbonyl (C=O) groups is 2. The first kappa shape index (κ1) is 22.4. The van der Waals surface area contributed by atoms with Crippen LogP contribution in [0.2, 0.25) is 0 Å². The van der Waals surface area contributed by atoms with Gasteiger partial charge >= 0.3 is 0 Å². The molecule has 8 heteroatoms. The molecule has 1 atom stereocenters. The van der Waals surface area contributed by atoms with Crippen LogP contribution < -0.4 is 5.32 Å². The highest BCUT2D eigenvalue weighted by atomic mass is 35.5. The Balaban J connectivity index is 0.00000242. The lowest BCUT2D eigenvalue weighted by molar-refractivity contribution is -0.141. The quantitative estimate of drug-likeness (QED) is 0.788. The molecule has 0 saturated carbocycles. The summed E-state index contributed by atoms with van der Waals surface area (Å²) in [5, 5.41) is 3.10. The van der Waals surface area contributed by atoms with Gasteiger partial charge in [-0.2, -0.15) is 0 Å². The second kappa shape index (κ2) is 10.3. The summed E-state index contributed by atoms with van der Waals surface area (Å²) in [6.07, 6.45) is 1.99. The second-order valence-corrected chi connectivity index (χ2v) is 6.41. The van der Waals surface area contributed by atoms with Crippen molar-refractivity contribution in [1.29, 1.82) is 0 Å². The Labute approximate surface area is 151 Å². The van der Waals surface area contributed by atoms with E-state index in [2.05, 4.69) is 24.1 Å². The van der Waals surface area contributed by atoms with Crippen molar-refractivity contribution in [2.24, 2.45) is 0 Å². The smallest absolute Gasteiger partial charge is 0.236 e. The topological polar surface area (TPSA) is 55.9 Å². The van der Waals surface area contributed by atoms with Gasteiger partial charge in [-0.1, -0.05) is 0 Å². The Bertz CT molecular complexity index is 396. The molecule has 0 aromatic rings. The minimum Gasteiger partial charge on any atom is -0.340 e. The van der Waals surface area contributed by atoms with E-state index < -0.39 is 0 Å². The molecule has 0 spiro atoms. The van der Waals surface area contributed by atoms with E-state index in [0.29, 0.717) is 25.7 Å². The average molecular weight is 369 g/mol. The van der Waals surface area contributed by atoms with Crippen molar-refractivity contribution in [3.05, 3.63) is 0 Å². The predicted octanol–water partition coefficient (Wildman–Crippen LogP) is 0.593. The SMILES string of the molecule is CC(C)N(C)CC(=O)N1CCCC(N2CCNCC2=O)C1.Cl.Cl. The third kappa shape index (κ3) is 6.10. The van der Waals surface area contributed by atoms with Crippen molar-refractivity contribution >= 4 is 36.6 Å². The molecule has 0 radical (unpaired) electrons. The third-order valence-electron chi connectivity index (χ3n) is 4.58. The van der Waals surface area contributed by atoms with Gasteiger partial charge in [0.15, 0.2) is 0 Å². The van der Waals surface area contributed by atoms with Crippen LogP contribution >= 0.6 is 24.8 Å². The lowest BCUT2D eigenvalue weighted by atomic mass is 10.0. The molecular formula is C15H30Cl2N4O2. The maximum Gasteiger partial charge on any atom is 0.236 e. The lowest BCUT2D eigenvalue weighted by Gasteiger charge is -2.41. The molecule has 0 aromatic carbocycles. The van der Waals surface area contributed by atoms with Gasteiger partial charge in [0.05, 0.1) is 13.1 Å². The maximum absolute atomic E-state index is 12.4. The fourth-order valence-electron chi connectivity index (χ4n) is 2.94. The summed E-state index contributed by atoms with van der Waals surface area (Å²) >= 11 is 0. The van der Waals surface area contributed by atoms with Gasteiger partial charge in [0, 0.05) is 38.3 Å². The molecule has 2 rings (SSSR count). The minimum atomic E-state index is 0. The van der Waals surface area contributed by atoms with Crippen LogP contribution in [-0.4, -0.2) is 84.9 Å². The number of piperazine rings is 1. The van der Waals surface area contributed by atoms with E-state index in [1.807, 2.05) is 16.8 Å². The molecule has 2 aliphatic heterocycles. The van der Waals surface area contributed by atoms with Gasteiger partial charge in [-0.05, 0) is 33.7 Å². The summed E-state index contributed by atoms with van der Waals surface area (Å²) in [7, 11) is 1.98. The predicted molar refractivity (Wildman–Crippen MR) is 96.4 cm³/mol. The van der Waals surface area contributed by atoms with Gasteiger partial charge in [-0.3, -0.25) is 14.5 Å². The number of likely N-dealkylation sites (tertiary alicyclic amines) is 1. The molecule has 2 heterocycles. The van der Waals surface area contributed by atoms with Crippen LogP contribution in [-0.2, 0) is 9.59 Å². The van der Waals surface area contributed by atoms with Gasteiger partial charge in [0.2, 0.25) is 11.8 Å². The van der Waals surface area contributed by atoms with Crippen LogP contribution in [0.5, 0.6) is 0 Å². The zero-order chi connectivity index (χ0) is 15.4. The number of rotatable bonds is 4. The fraction of sp³-hybridized carbons (Fsp3) is 0.867. The number of hydrogen-bond acceptors (Lipinski definition) is 4. The second-order valence-electron chi connectivity index (χ2n) is 6.41. The Morgan fingerprint density at radius 3 is 2.65 bits per heavy atom. The molecule has 1 unspecified atom stereocenters. The molecule has 0 aromatic heterocycles. The number of hydrogen-bond donors (Lipinski definition) is 1. The molecule has 0 bridgehead atoms. The third-order valence-corrected chi connectivity index (χ3v) is 4.58. The number of carbonyl (C=O) groups excluding carboxylic acids is 2. The van der Waals surface area contributed by atoms with E-state index >= 15 is 0 Å². The average Bonchev–Trinajstić information content (AvgIpc) is 2.47. The molecule has 2 saturated heterocycles. The number of likely N-dealkylation sites (N-methyl/N-ethyl adjacent to an activating group) is 1. The Kier molecular flexibility index (Phi) is 10.1. The Hall–Kier alpha value is -0.560. The van der Waals surface area contributed by atoms with Crippen molar-refractivity contribution in [3.63, 3.8) is 0 Å². The van der Waals surface area contributed by atoms with Crippen molar-refractivity contribution in [1.82, 2.24) is 20.0 Å².